The third kappa shape index (κ3) is 2.64. The van der Waals surface area contributed by atoms with Crippen LogP contribution in [0, 0.1) is 5.82 Å². The molecule has 0 aliphatic heterocycles. The molecule has 0 saturated heterocycles. The maximum Gasteiger partial charge on any atom is 0.169 e. The van der Waals surface area contributed by atoms with E-state index >= 15 is 0 Å². The van der Waals surface area contributed by atoms with Crippen LogP contribution in [-0.4, -0.2) is 11.5 Å². The molecule has 0 fully saturated rings. The van der Waals surface area contributed by atoms with Crippen LogP contribution in [0.3, 0.4) is 0 Å². The van der Waals surface area contributed by atoms with Gasteiger partial charge in [0, 0.05) is 22.9 Å². The van der Waals surface area contributed by atoms with E-state index in [-0.39, 0.29) is 5.82 Å². The van der Waals surface area contributed by atoms with Gasteiger partial charge in [-0.2, -0.15) is 0 Å². The second-order valence-electron chi connectivity index (χ2n) is 3.54. The predicted octanol–water partition coefficient (Wildman–Crippen LogP) is 4.14. The number of hydrogen-bond donors (Lipinski definition) is 0. The summed E-state index contributed by atoms with van der Waals surface area (Å²) < 4.78 is 14.5. The molecule has 0 saturated carbocycles. The highest BCUT2D eigenvalue weighted by atomic mass is 79.9. The lowest BCUT2D eigenvalue weighted by molar-refractivity contribution is 0.618. The summed E-state index contributed by atoms with van der Waals surface area (Å²) in [5.74, 6) is 0.0204. The summed E-state index contributed by atoms with van der Waals surface area (Å²) in [7, 11) is 0. The van der Waals surface area contributed by atoms with Crippen molar-refractivity contribution in [3.05, 3.63) is 52.9 Å². The van der Waals surface area contributed by atoms with Crippen molar-refractivity contribution in [3.63, 3.8) is 0 Å². The first-order valence-corrected chi connectivity index (χ1v) is 6.15. The maximum atomic E-state index is 13.8. The van der Waals surface area contributed by atoms with Gasteiger partial charge >= 0.3 is 0 Å². The minimum absolute atomic E-state index is 0.329. The van der Waals surface area contributed by atoms with Crippen LogP contribution in [0.2, 0.25) is 0 Å². The summed E-state index contributed by atoms with van der Waals surface area (Å²) in [6.07, 6.45) is 1.60. The van der Waals surface area contributed by atoms with Crippen molar-refractivity contribution < 1.29 is 4.39 Å². The first kappa shape index (κ1) is 12.0. The molecule has 1 heterocycles. The smallest absolute Gasteiger partial charge is 0.169 e. The van der Waals surface area contributed by atoms with Crippen molar-refractivity contribution in [1.29, 1.82) is 0 Å². The molecule has 2 rings (SSSR count). The van der Waals surface area contributed by atoms with Crippen LogP contribution < -0.4 is 4.90 Å². The van der Waals surface area contributed by atoms with Gasteiger partial charge in [-0.05, 0) is 41.1 Å². The number of benzene rings is 1. The quantitative estimate of drug-likeness (QED) is 0.846. The van der Waals surface area contributed by atoms with Crippen LogP contribution in [-0.2, 0) is 0 Å². The van der Waals surface area contributed by atoms with E-state index in [2.05, 4.69) is 20.9 Å². The van der Waals surface area contributed by atoms with Crippen LogP contribution in [0.25, 0.3) is 0 Å². The van der Waals surface area contributed by atoms with E-state index in [1.54, 1.807) is 6.20 Å². The van der Waals surface area contributed by atoms with E-state index in [0.29, 0.717) is 16.8 Å². The number of aromatic nitrogens is 1. The Morgan fingerprint density at radius 2 is 2.00 bits per heavy atom. The topological polar surface area (TPSA) is 16.1 Å². The number of para-hydroxylation sites is 1. The van der Waals surface area contributed by atoms with Crippen molar-refractivity contribution >= 4 is 27.4 Å². The molecule has 2 nitrogen and oxygen atoms in total. The molecule has 0 aliphatic carbocycles. The zero-order valence-electron chi connectivity index (χ0n) is 9.40. The summed E-state index contributed by atoms with van der Waals surface area (Å²) in [6, 6.07) is 11.1. The molecule has 0 radical (unpaired) electrons. The summed E-state index contributed by atoms with van der Waals surface area (Å²) >= 11 is 3.20. The fourth-order valence-electron chi connectivity index (χ4n) is 1.67. The number of hydrogen-bond acceptors (Lipinski definition) is 2. The highest BCUT2D eigenvalue weighted by Crippen LogP contribution is 2.26. The lowest BCUT2D eigenvalue weighted by atomic mass is 10.2. The molecule has 0 amide bonds. The first-order chi connectivity index (χ1) is 8.22. The Morgan fingerprint density at radius 3 is 2.59 bits per heavy atom. The van der Waals surface area contributed by atoms with Gasteiger partial charge in [0.05, 0.1) is 0 Å². The predicted molar refractivity (Wildman–Crippen MR) is 71.0 cm³/mol. The summed E-state index contributed by atoms with van der Waals surface area (Å²) in [6.45, 7) is 2.63. The molecular weight excluding hydrogens is 283 g/mol. The highest BCUT2D eigenvalue weighted by molar-refractivity contribution is 9.10. The van der Waals surface area contributed by atoms with E-state index in [1.807, 2.05) is 42.2 Å². The van der Waals surface area contributed by atoms with Gasteiger partial charge in [0.15, 0.2) is 11.6 Å². The minimum atomic E-state index is -0.329. The van der Waals surface area contributed by atoms with Gasteiger partial charge in [-0.15, -0.1) is 0 Å². The van der Waals surface area contributed by atoms with E-state index in [9.17, 15) is 4.39 Å². The van der Waals surface area contributed by atoms with Gasteiger partial charge in [0.2, 0.25) is 0 Å². The number of anilines is 2. The second kappa shape index (κ2) is 5.27. The van der Waals surface area contributed by atoms with Crippen LogP contribution in [0.1, 0.15) is 6.92 Å². The number of pyridine rings is 1. The average Bonchev–Trinajstić information content (AvgIpc) is 2.34. The van der Waals surface area contributed by atoms with Crippen molar-refractivity contribution in [2.75, 3.05) is 11.4 Å². The molecule has 1 aromatic heterocycles. The Bertz CT molecular complexity index is 502. The Balaban J connectivity index is 2.42. The molecule has 0 bridgehead atoms. The molecule has 0 spiro atoms. The van der Waals surface area contributed by atoms with Crippen molar-refractivity contribution in [1.82, 2.24) is 4.98 Å². The third-order valence-corrected chi connectivity index (χ3v) is 2.86. The second-order valence-corrected chi connectivity index (χ2v) is 4.45. The zero-order valence-corrected chi connectivity index (χ0v) is 11.0. The summed E-state index contributed by atoms with van der Waals surface area (Å²) in [5.41, 5.74) is 0.934. The summed E-state index contributed by atoms with van der Waals surface area (Å²) in [4.78, 5) is 5.96. The lowest BCUT2D eigenvalue weighted by Gasteiger charge is -2.22. The number of halogens is 2. The molecule has 0 atom stereocenters. The van der Waals surface area contributed by atoms with Gasteiger partial charge in [-0.1, -0.05) is 18.2 Å². The van der Waals surface area contributed by atoms with Crippen LogP contribution in [0.15, 0.2) is 47.1 Å². The van der Waals surface area contributed by atoms with Gasteiger partial charge in [-0.25, -0.2) is 9.37 Å². The SMILES string of the molecule is CCN(c1ccccc1)c1ncc(Br)cc1F. The number of rotatable bonds is 3. The molecule has 17 heavy (non-hydrogen) atoms. The largest absolute Gasteiger partial charge is 0.324 e. The normalized spacial score (nSPS) is 10.3. The molecular formula is C13H12BrFN2. The van der Waals surface area contributed by atoms with Crippen LogP contribution >= 0.6 is 15.9 Å². The fraction of sp³-hybridized carbons (Fsp3) is 0.154. The molecule has 0 unspecified atom stereocenters. The molecule has 2 aromatic rings. The molecule has 88 valence electrons. The Morgan fingerprint density at radius 1 is 1.29 bits per heavy atom. The van der Waals surface area contributed by atoms with Crippen LogP contribution in [0.4, 0.5) is 15.9 Å². The zero-order chi connectivity index (χ0) is 12.3. The molecule has 1 aromatic carbocycles. The lowest BCUT2D eigenvalue weighted by Crippen LogP contribution is -2.18. The molecule has 0 N–H and O–H groups in total. The third-order valence-electron chi connectivity index (χ3n) is 2.43. The maximum absolute atomic E-state index is 13.8. The highest BCUT2D eigenvalue weighted by Gasteiger charge is 2.13. The van der Waals surface area contributed by atoms with E-state index in [1.165, 1.54) is 6.07 Å². The number of nitrogens with zero attached hydrogens (tertiary/aromatic N) is 2. The fourth-order valence-corrected chi connectivity index (χ4v) is 1.97. The molecule has 0 aliphatic rings. The van der Waals surface area contributed by atoms with E-state index in [4.69, 9.17) is 0 Å². The van der Waals surface area contributed by atoms with E-state index in [0.717, 1.165) is 5.69 Å². The van der Waals surface area contributed by atoms with Crippen molar-refractivity contribution in [2.24, 2.45) is 0 Å². The summed E-state index contributed by atoms with van der Waals surface area (Å²) in [5, 5.41) is 0. The van der Waals surface area contributed by atoms with Crippen LogP contribution in [0.5, 0.6) is 0 Å². The van der Waals surface area contributed by atoms with E-state index < -0.39 is 0 Å². The van der Waals surface area contributed by atoms with Gasteiger partial charge in [-0.3, -0.25) is 0 Å². The van der Waals surface area contributed by atoms with Crippen molar-refractivity contribution in [3.8, 4) is 0 Å². The first-order valence-electron chi connectivity index (χ1n) is 5.36. The minimum Gasteiger partial charge on any atom is -0.324 e. The Labute approximate surface area is 108 Å². The average molecular weight is 295 g/mol. The Hall–Kier alpha value is -1.42. The van der Waals surface area contributed by atoms with Gasteiger partial charge < -0.3 is 4.90 Å². The van der Waals surface area contributed by atoms with Crippen molar-refractivity contribution in [2.45, 2.75) is 6.92 Å². The Kier molecular flexibility index (Phi) is 3.74. The molecule has 4 heteroatoms. The monoisotopic (exact) mass is 294 g/mol. The van der Waals surface area contributed by atoms with Gasteiger partial charge in [0.1, 0.15) is 0 Å². The van der Waals surface area contributed by atoms with Gasteiger partial charge in [0.25, 0.3) is 0 Å². The standard InChI is InChI=1S/C13H12BrFN2/c1-2-17(11-6-4-3-5-7-11)13-12(15)8-10(14)9-16-13/h3-9H,2H2,1H3.